The van der Waals surface area contributed by atoms with Crippen molar-refractivity contribution in [2.45, 2.75) is 31.7 Å². The van der Waals surface area contributed by atoms with Crippen molar-refractivity contribution in [3.63, 3.8) is 0 Å². The molecule has 3 atom stereocenters. The van der Waals surface area contributed by atoms with Gasteiger partial charge in [-0.3, -0.25) is 0 Å². The van der Waals surface area contributed by atoms with Crippen molar-refractivity contribution in [1.82, 2.24) is 10.0 Å². The highest BCUT2D eigenvalue weighted by Gasteiger charge is 2.23. The number of hydrogen-bond acceptors (Lipinski definition) is 5. The highest BCUT2D eigenvalue weighted by molar-refractivity contribution is 7.88. The van der Waals surface area contributed by atoms with Gasteiger partial charge in [0.1, 0.15) is 6.10 Å². The van der Waals surface area contributed by atoms with Crippen LogP contribution in [0.2, 0.25) is 0 Å². The van der Waals surface area contributed by atoms with Crippen LogP contribution in [0.4, 0.5) is 0 Å². The van der Waals surface area contributed by atoms with Gasteiger partial charge >= 0.3 is 0 Å². The zero-order valence-electron chi connectivity index (χ0n) is 16.7. The van der Waals surface area contributed by atoms with Gasteiger partial charge in [-0.2, -0.15) is 0 Å². The first-order valence-electron chi connectivity index (χ1n) is 9.46. The molecule has 0 spiro atoms. The minimum absolute atomic E-state index is 0. The Morgan fingerprint density at radius 2 is 1.76 bits per heavy atom. The van der Waals surface area contributed by atoms with E-state index in [1.165, 1.54) is 6.26 Å². The van der Waals surface area contributed by atoms with Gasteiger partial charge in [0.2, 0.25) is 10.0 Å². The zero-order valence-corrected chi connectivity index (χ0v) is 18.3. The first-order valence-corrected chi connectivity index (χ1v) is 11.3. The molecule has 0 bridgehead atoms. The molecule has 0 radical (unpaired) electrons. The minimum Gasteiger partial charge on any atom is -0.376 e. The van der Waals surface area contributed by atoms with Gasteiger partial charge in [-0.15, -0.1) is 12.4 Å². The number of nitrogens with one attached hydrogen (secondary N) is 2. The highest BCUT2D eigenvalue weighted by Crippen LogP contribution is 2.23. The van der Waals surface area contributed by atoms with Crippen LogP contribution in [0, 0.1) is 0 Å². The molecule has 1 fully saturated rings. The van der Waals surface area contributed by atoms with Crippen LogP contribution in [0.3, 0.4) is 0 Å². The van der Waals surface area contributed by atoms with E-state index in [2.05, 4.69) is 22.2 Å². The fourth-order valence-electron chi connectivity index (χ4n) is 3.26. The topological polar surface area (TPSA) is 76.7 Å². The van der Waals surface area contributed by atoms with Crippen LogP contribution in [-0.4, -0.2) is 40.5 Å². The Morgan fingerprint density at radius 3 is 2.41 bits per heavy atom. The molecule has 29 heavy (non-hydrogen) atoms. The van der Waals surface area contributed by atoms with Gasteiger partial charge in [-0.25, -0.2) is 13.1 Å². The van der Waals surface area contributed by atoms with E-state index in [4.69, 9.17) is 9.47 Å². The van der Waals surface area contributed by atoms with Gasteiger partial charge in [0.05, 0.1) is 25.6 Å². The summed E-state index contributed by atoms with van der Waals surface area (Å²) in [6.45, 7) is 4.42. The molecule has 1 aliphatic rings. The summed E-state index contributed by atoms with van der Waals surface area (Å²) >= 11 is 0. The van der Waals surface area contributed by atoms with Crippen molar-refractivity contribution in [2.75, 3.05) is 26.0 Å². The molecule has 1 aliphatic heterocycles. The normalized spacial score (nSPS) is 20.6. The van der Waals surface area contributed by atoms with Crippen molar-refractivity contribution in [2.24, 2.45) is 0 Å². The van der Waals surface area contributed by atoms with E-state index in [9.17, 15) is 8.42 Å². The van der Waals surface area contributed by atoms with Crippen molar-refractivity contribution < 1.29 is 17.9 Å². The third-order valence-corrected chi connectivity index (χ3v) is 5.45. The zero-order chi connectivity index (χ0) is 20.0. The van der Waals surface area contributed by atoms with E-state index in [-0.39, 0.29) is 30.7 Å². The van der Waals surface area contributed by atoms with Gasteiger partial charge in [-0.1, -0.05) is 54.6 Å². The molecule has 2 aromatic carbocycles. The number of sulfonamides is 1. The van der Waals surface area contributed by atoms with Crippen molar-refractivity contribution >= 4 is 22.4 Å². The maximum absolute atomic E-state index is 11.3. The molecule has 1 heterocycles. The summed E-state index contributed by atoms with van der Waals surface area (Å²) in [6, 6.07) is 17.8. The van der Waals surface area contributed by atoms with Crippen LogP contribution in [0.25, 0.3) is 0 Å². The number of hydrogen-bond donors (Lipinski definition) is 2. The van der Waals surface area contributed by atoms with E-state index < -0.39 is 10.0 Å². The van der Waals surface area contributed by atoms with Crippen LogP contribution in [0.5, 0.6) is 0 Å². The molecule has 0 aliphatic carbocycles. The fourth-order valence-corrected chi connectivity index (χ4v) is 4.04. The lowest BCUT2D eigenvalue weighted by atomic mass is 10.1. The molecular formula is C21H29ClN2O4S. The Bertz CT molecular complexity index is 847. The Hall–Kier alpha value is -1.48. The Kier molecular flexibility index (Phi) is 9.07. The quantitative estimate of drug-likeness (QED) is 0.660. The second-order valence-electron chi connectivity index (χ2n) is 7.18. The fraction of sp³-hybridized carbons (Fsp3) is 0.429. The molecule has 2 N–H and O–H groups in total. The van der Waals surface area contributed by atoms with E-state index >= 15 is 0 Å². The number of benzene rings is 2. The van der Waals surface area contributed by atoms with Gasteiger partial charge in [0.25, 0.3) is 0 Å². The summed E-state index contributed by atoms with van der Waals surface area (Å²) in [5.41, 5.74) is 3.20. The van der Waals surface area contributed by atoms with E-state index in [1.807, 2.05) is 49.4 Å². The van der Waals surface area contributed by atoms with Crippen molar-refractivity contribution in [3.8, 4) is 0 Å². The largest absolute Gasteiger partial charge is 0.376 e. The highest BCUT2D eigenvalue weighted by atomic mass is 35.5. The summed E-state index contributed by atoms with van der Waals surface area (Å²) in [4.78, 5) is 0. The molecule has 160 valence electrons. The molecule has 0 saturated carbocycles. The molecule has 0 amide bonds. The lowest BCUT2D eigenvalue weighted by molar-refractivity contribution is -0.138. The molecule has 2 aromatic rings. The maximum atomic E-state index is 11.3. The molecule has 0 unspecified atom stereocenters. The molecule has 3 rings (SSSR count). The predicted molar refractivity (Wildman–Crippen MR) is 117 cm³/mol. The molecule has 6 nitrogen and oxygen atoms in total. The van der Waals surface area contributed by atoms with Crippen LogP contribution >= 0.6 is 12.4 Å². The average molecular weight is 441 g/mol. The second kappa shape index (κ2) is 11.1. The van der Waals surface area contributed by atoms with Gasteiger partial charge in [0, 0.05) is 19.1 Å². The Balaban J connectivity index is 0.00000300. The smallest absolute Gasteiger partial charge is 0.209 e. The average Bonchev–Trinajstić information content (AvgIpc) is 2.68. The van der Waals surface area contributed by atoms with Gasteiger partial charge in [0.15, 0.2) is 0 Å². The number of rotatable bonds is 8. The lowest BCUT2D eigenvalue weighted by Crippen LogP contribution is -2.38. The molecular weight excluding hydrogens is 412 g/mol. The second-order valence-corrected chi connectivity index (χ2v) is 8.96. The minimum atomic E-state index is -3.22. The van der Waals surface area contributed by atoms with Crippen molar-refractivity contribution in [1.29, 1.82) is 0 Å². The number of halogens is 1. The first-order chi connectivity index (χ1) is 13.4. The molecule has 8 heteroatoms. The van der Waals surface area contributed by atoms with Crippen LogP contribution in [0.1, 0.15) is 35.8 Å². The number of ether oxygens (including phenoxy) is 2. The van der Waals surface area contributed by atoms with Crippen LogP contribution < -0.4 is 10.0 Å². The third kappa shape index (κ3) is 7.70. The first kappa shape index (κ1) is 23.8. The summed E-state index contributed by atoms with van der Waals surface area (Å²) in [6.07, 6.45) is 1.16. The monoisotopic (exact) mass is 440 g/mol. The Morgan fingerprint density at radius 1 is 1.07 bits per heavy atom. The summed E-state index contributed by atoms with van der Waals surface area (Å²) in [7, 11) is -3.22. The van der Waals surface area contributed by atoms with E-state index in [0.717, 1.165) is 16.7 Å². The van der Waals surface area contributed by atoms with Gasteiger partial charge < -0.3 is 14.8 Å². The maximum Gasteiger partial charge on any atom is 0.209 e. The van der Waals surface area contributed by atoms with E-state index in [0.29, 0.717) is 26.3 Å². The van der Waals surface area contributed by atoms with Crippen LogP contribution in [0.15, 0.2) is 54.6 Å². The summed E-state index contributed by atoms with van der Waals surface area (Å²) < 4.78 is 37.1. The van der Waals surface area contributed by atoms with E-state index in [1.54, 1.807) is 0 Å². The third-order valence-electron chi connectivity index (χ3n) is 4.67. The van der Waals surface area contributed by atoms with Crippen molar-refractivity contribution in [3.05, 3.63) is 71.3 Å². The molecule has 1 saturated heterocycles. The summed E-state index contributed by atoms with van der Waals surface area (Å²) in [5, 5.41) is 3.41. The van der Waals surface area contributed by atoms with Gasteiger partial charge in [-0.05, 0) is 23.6 Å². The Labute approximate surface area is 179 Å². The summed E-state index contributed by atoms with van der Waals surface area (Å²) in [5.74, 6) is 0. The SMILES string of the molecule is C[C@@H](NS(C)(=O)=O)c1ccc(CNC[C@H]2COC[C@H](c3ccccc3)O2)cc1.Cl. The standard InChI is InChI=1S/C21H28N2O4S.ClH/c1-16(23-28(2,24)25)18-10-8-17(9-11-18)12-22-13-20-14-26-15-21(27-20)19-6-4-3-5-7-19;/h3-11,16,20-23H,12-15H2,1-2H3;1H/t16-,20+,21-;/m1./s1. The predicted octanol–water partition coefficient (Wildman–Crippen LogP) is 2.96. The lowest BCUT2D eigenvalue weighted by Gasteiger charge is -2.30. The molecule has 0 aromatic heterocycles. The van der Waals surface area contributed by atoms with Crippen LogP contribution in [-0.2, 0) is 26.0 Å².